The van der Waals surface area contributed by atoms with E-state index < -0.39 is 10.0 Å². The molecule has 0 unspecified atom stereocenters. The maximum absolute atomic E-state index is 12.8. The number of nitrogens with zero attached hydrogens (tertiary/aromatic N) is 2. The van der Waals surface area contributed by atoms with E-state index in [9.17, 15) is 13.2 Å². The third kappa shape index (κ3) is 6.19. The van der Waals surface area contributed by atoms with Gasteiger partial charge >= 0.3 is 0 Å². The smallest absolute Gasteiger partial charge is 0.244 e. The zero-order chi connectivity index (χ0) is 20.0. The summed E-state index contributed by atoms with van der Waals surface area (Å²) in [5.41, 5.74) is 0. The van der Waals surface area contributed by atoms with Crippen LogP contribution < -0.4 is 5.32 Å². The maximum Gasteiger partial charge on any atom is 0.244 e. The van der Waals surface area contributed by atoms with Gasteiger partial charge in [-0.25, -0.2) is 13.4 Å². The average molecular weight is 414 g/mol. The molecule has 1 amide bonds. The molecule has 6 nitrogen and oxygen atoms in total. The SMILES string of the molecule is CC(C)CNC(=O)[C@H](C)Sc1ccc(S(=O)(=O)N(C)C2CCCCC2)cn1. The Morgan fingerprint density at radius 1 is 1.26 bits per heavy atom. The highest BCUT2D eigenvalue weighted by molar-refractivity contribution is 8.00. The van der Waals surface area contributed by atoms with Gasteiger partial charge in [0.15, 0.2) is 0 Å². The van der Waals surface area contributed by atoms with Gasteiger partial charge in [0.05, 0.1) is 10.3 Å². The van der Waals surface area contributed by atoms with E-state index in [0.717, 1.165) is 25.7 Å². The Balaban J connectivity index is 2.00. The number of pyridine rings is 1. The summed E-state index contributed by atoms with van der Waals surface area (Å²) >= 11 is 1.33. The number of sulfonamides is 1. The van der Waals surface area contributed by atoms with E-state index in [0.29, 0.717) is 17.5 Å². The summed E-state index contributed by atoms with van der Waals surface area (Å²) in [6.45, 7) is 6.55. The van der Waals surface area contributed by atoms with Crippen molar-refractivity contribution in [1.82, 2.24) is 14.6 Å². The van der Waals surface area contributed by atoms with Gasteiger partial charge < -0.3 is 5.32 Å². The topological polar surface area (TPSA) is 79.4 Å². The fourth-order valence-corrected chi connectivity index (χ4v) is 5.25. The van der Waals surface area contributed by atoms with Crippen LogP contribution in [0.1, 0.15) is 52.9 Å². The molecule has 27 heavy (non-hydrogen) atoms. The molecule has 0 saturated heterocycles. The van der Waals surface area contributed by atoms with Crippen molar-refractivity contribution < 1.29 is 13.2 Å². The predicted octanol–water partition coefficient (Wildman–Crippen LogP) is 3.29. The summed E-state index contributed by atoms with van der Waals surface area (Å²) in [5, 5.41) is 3.25. The first-order valence-corrected chi connectivity index (χ1v) is 11.9. The van der Waals surface area contributed by atoms with Crippen molar-refractivity contribution in [3.8, 4) is 0 Å². The number of aromatic nitrogens is 1. The van der Waals surface area contributed by atoms with Crippen LogP contribution in [0, 0.1) is 5.92 Å². The number of thioether (sulfide) groups is 1. The van der Waals surface area contributed by atoms with Gasteiger partial charge in [-0.2, -0.15) is 4.31 Å². The quantitative estimate of drug-likeness (QED) is 0.662. The largest absolute Gasteiger partial charge is 0.355 e. The van der Waals surface area contributed by atoms with Crippen molar-refractivity contribution in [3.05, 3.63) is 18.3 Å². The molecule has 1 aromatic heterocycles. The Labute approximate surface area is 167 Å². The van der Waals surface area contributed by atoms with Crippen LogP contribution in [0.25, 0.3) is 0 Å². The molecular formula is C19H31N3O3S2. The van der Waals surface area contributed by atoms with E-state index in [1.165, 1.54) is 28.7 Å². The molecule has 1 aliphatic rings. The zero-order valence-corrected chi connectivity index (χ0v) is 18.3. The second kappa shape index (κ2) is 9.89. The molecule has 1 aliphatic carbocycles. The van der Waals surface area contributed by atoms with Crippen LogP contribution in [0.4, 0.5) is 0 Å². The Kier molecular flexibility index (Phi) is 8.12. The molecule has 0 aromatic carbocycles. The molecule has 1 saturated carbocycles. The van der Waals surface area contributed by atoms with Crippen molar-refractivity contribution in [3.63, 3.8) is 0 Å². The monoisotopic (exact) mass is 413 g/mol. The van der Waals surface area contributed by atoms with Gasteiger partial charge in [0.1, 0.15) is 4.90 Å². The lowest BCUT2D eigenvalue weighted by atomic mass is 9.96. The summed E-state index contributed by atoms with van der Waals surface area (Å²) in [5.74, 6) is 0.360. The van der Waals surface area contributed by atoms with Gasteiger partial charge in [-0.15, -0.1) is 0 Å². The number of hydrogen-bond acceptors (Lipinski definition) is 5. The Hall–Kier alpha value is -1.12. The van der Waals surface area contributed by atoms with Crippen molar-refractivity contribution in [2.45, 2.75) is 74.1 Å². The summed E-state index contributed by atoms with van der Waals surface area (Å²) < 4.78 is 27.2. The fourth-order valence-electron chi connectivity index (χ4n) is 3.08. The summed E-state index contributed by atoms with van der Waals surface area (Å²) in [4.78, 5) is 16.6. The molecule has 0 bridgehead atoms. The van der Waals surface area contributed by atoms with Crippen LogP contribution in [0.5, 0.6) is 0 Å². The van der Waals surface area contributed by atoms with Gasteiger partial charge in [0.2, 0.25) is 15.9 Å². The zero-order valence-electron chi connectivity index (χ0n) is 16.6. The first-order chi connectivity index (χ1) is 12.7. The molecule has 0 aliphatic heterocycles. The molecule has 1 aromatic rings. The van der Waals surface area contributed by atoms with Crippen LogP contribution in [-0.4, -0.2) is 48.5 Å². The second-order valence-corrected chi connectivity index (χ2v) is 10.9. The van der Waals surface area contributed by atoms with Gasteiger partial charge in [-0.3, -0.25) is 4.79 Å². The van der Waals surface area contributed by atoms with Gasteiger partial charge in [0.25, 0.3) is 0 Å². The highest BCUT2D eigenvalue weighted by Crippen LogP contribution is 2.27. The summed E-state index contributed by atoms with van der Waals surface area (Å²) in [7, 11) is -1.87. The highest BCUT2D eigenvalue weighted by atomic mass is 32.2. The minimum Gasteiger partial charge on any atom is -0.355 e. The molecular weight excluding hydrogens is 382 g/mol. The highest BCUT2D eigenvalue weighted by Gasteiger charge is 2.29. The lowest BCUT2D eigenvalue weighted by Gasteiger charge is -2.30. The first kappa shape index (κ1) is 22.2. The fraction of sp³-hybridized carbons (Fsp3) is 0.684. The summed E-state index contributed by atoms with van der Waals surface area (Å²) in [6.07, 6.45) is 6.57. The first-order valence-electron chi connectivity index (χ1n) is 9.60. The van der Waals surface area contributed by atoms with E-state index in [1.54, 1.807) is 19.2 Å². The van der Waals surface area contributed by atoms with Gasteiger partial charge in [-0.05, 0) is 37.8 Å². The van der Waals surface area contributed by atoms with Crippen molar-refractivity contribution in [2.24, 2.45) is 5.92 Å². The van der Waals surface area contributed by atoms with E-state index in [4.69, 9.17) is 0 Å². The third-order valence-electron chi connectivity index (χ3n) is 4.83. The average Bonchev–Trinajstić information content (AvgIpc) is 2.66. The van der Waals surface area contributed by atoms with Crippen LogP contribution in [0.3, 0.4) is 0 Å². The number of hydrogen-bond donors (Lipinski definition) is 1. The minimum atomic E-state index is -3.54. The summed E-state index contributed by atoms with van der Waals surface area (Å²) in [6, 6.07) is 3.34. The van der Waals surface area contributed by atoms with E-state index in [1.807, 2.05) is 20.8 Å². The molecule has 2 rings (SSSR count). The molecule has 152 valence electrons. The van der Waals surface area contributed by atoms with Crippen LogP contribution in [-0.2, 0) is 14.8 Å². The van der Waals surface area contributed by atoms with Crippen molar-refractivity contribution in [2.75, 3.05) is 13.6 Å². The Morgan fingerprint density at radius 2 is 1.93 bits per heavy atom. The van der Waals surface area contributed by atoms with Crippen LogP contribution >= 0.6 is 11.8 Å². The van der Waals surface area contributed by atoms with E-state index in [2.05, 4.69) is 10.3 Å². The van der Waals surface area contributed by atoms with Crippen molar-refractivity contribution in [1.29, 1.82) is 0 Å². The normalized spacial score (nSPS) is 17.3. The maximum atomic E-state index is 12.8. The molecule has 1 fully saturated rings. The minimum absolute atomic E-state index is 0.0378. The molecule has 1 heterocycles. The van der Waals surface area contributed by atoms with Crippen molar-refractivity contribution >= 4 is 27.7 Å². The van der Waals surface area contributed by atoms with E-state index >= 15 is 0 Å². The van der Waals surface area contributed by atoms with Crippen LogP contribution in [0.2, 0.25) is 0 Å². The van der Waals surface area contributed by atoms with Gasteiger partial charge in [0, 0.05) is 25.8 Å². The molecule has 0 radical (unpaired) electrons. The number of carbonyl (C=O) groups is 1. The number of nitrogens with one attached hydrogen (secondary N) is 1. The standard InChI is InChI=1S/C19H31N3O3S2/c1-14(2)12-21-19(23)15(3)26-18-11-10-17(13-20-18)27(24,25)22(4)16-8-6-5-7-9-16/h10-11,13-16H,5-9,12H2,1-4H3,(H,21,23)/t15-/m0/s1. The lowest BCUT2D eigenvalue weighted by Crippen LogP contribution is -2.38. The predicted molar refractivity (Wildman–Crippen MR) is 109 cm³/mol. The number of carbonyl (C=O) groups excluding carboxylic acids is 1. The lowest BCUT2D eigenvalue weighted by molar-refractivity contribution is -0.120. The molecule has 0 spiro atoms. The third-order valence-corrected chi connectivity index (χ3v) is 7.77. The molecule has 8 heteroatoms. The Morgan fingerprint density at radius 3 is 2.48 bits per heavy atom. The Bertz CT molecular complexity index is 714. The molecule has 1 atom stereocenters. The number of amides is 1. The molecule has 1 N–H and O–H groups in total. The second-order valence-electron chi connectivity index (χ2n) is 7.54. The van der Waals surface area contributed by atoms with Crippen LogP contribution in [0.15, 0.2) is 28.3 Å². The van der Waals surface area contributed by atoms with E-state index in [-0.39, 0.29) is 22.1 Å². The van der Waals surface area contributed by atoms with Gasteiger partial charge in [-0.1, -0.05) is 44.9 Å². The number of rotatable bonds is 8.